The van der Waals surface area contributed by atoms with E-state index in [1.54, 1.807) is 43.3 Å². The molecule has 0 saturated heterocycles. The predicted molar refractivity (Wildman–Crippen MR) is 124 cm³/mol. The van der Waals surface area contributed by atoms with E-state index in [1.807, 2.05) is 0 Å². The van der Waals surface area contributed by atoms with Gasteiger partial charge in [-0.15, -0.1) is 0 Å². The van der Waals surface area contributed by atoms with Crippen molar-refractivity contribution in [3.05, 3.63) is 94.2 Å². The number of nitrogens with two attached hydrogens (primary N) is 2. The Hall–Kier alpha value is -3.18. The summed E-state index contributed by atoms with van der Waals surface area (Å²) in [5.74, 6) is 0. The topological polar surface area (TPSA) is 161 Å². The van der Waals surface area contributed by atoms with E-state index < -0.39 is 30.4 Å². The number of allylic oxidation sites excluding steroid dienone is 4. The van der Waals surface area contributed by atoms with Crippen molar-refractivity contribution in [3.63, 3.8) is 0 Å². The molecule has 3 rings (SSSR count). The van der Waals surface area contributed by atoms with Crippen LogP contribution in [0, 0.1) is 0 Å². The molecule has 8 nitrogen and oxygen atoms in total. The minimum absolute atomic E-state index is 0.0884. The minimum Gasteiger partial charge on any atom is -0.399 e. The van der Waals surface area contributed by atoms with Crippen LogP contribution in [0.4, 0.5) is 5.69 Å². The largest absolute Gasteiger partial charge is 0.399 e. The molecule has 10 heteroatoms. The monoisotopic (exact) mass is 474 g/mol. The van der Waals surface area contributed by atoms with Gasteiger partial charge in [0.1, 0.15) is 10.1 Å². The van der Waals surface area contributed by atoms with Crippen LogP contribution in [-0.4, -0.2) is 31.2 Å². The van der Waals surface area contributed by atoms with E-state index in [-0.39, 0.29) is 28.1 Å². The third-order valence-corrected chi connectivity index (χ3v) is 6.93. The zero-order valence-corrected chi connectivity index (χ0v) is 18.6. The molecule has 0 amide bonds. The summed E-state index contributed by atoms with van der Waals surface area (Å²) >= 11 is 0. The number of hydrogen-bond acceptors (Lipinski definition) is 6. The Morgan fingerprint density at radius 2 is 1.59 bits per heavy atom. The third-order valence-electron chi connectivity index (χ3n) is 4.89. The highest BCUT2D eigenvalue weighted by molar-refractivity contribution is 7.87. The Balaban J connectivity index is 2.16. The molecule has 0 bridgehead atoms. The van der Waals surface area contributed by atoms with Crippen LogP contribution in [0.15, 0.2) is 88.0 Å². The summed E-state index contributed by atoms with van der Waals surface area (Å²) in [7, 11) is -9.22. The summed E-state index contributed by atoms with van der Waals surface area (Å²) in [5, 5.41) is -1.49. The van der Waals surface area contributed by atoms with Gasteiger partial charge in [0.15, 0.2) is 0 Å². The summed E-state index contributed by atoms with van der Waals surface area (Å²) < 4.78 is 67.6. The molecule has 0 heterocycles. The second kappa shape index (κ2) is 8.75. The Bertz CT molecular complexity index is 1390. The van der Waals surface area contributed by atoms with Gasteiger partial charge in [-0.3, -0.25) is 9.11 Å². The summed E-state index contributed by atoms with van der Waals surface area (Å²) in [6.07, 6.45) is 5.75. The molecule has 1 unspecified atom stereocenters. The summed E-state index contributed by atoms with van der Waals surface area (Å²) in [6.45, 7) is 1.69. The van der Waals surface area contributed by atoms with Crippen LogP contribution in [0.1, 0.15) is 18.1 Å². The van der Waals surface area contributed by atoms with Gasteiger partial charge in [-0.2, -0.15) is 16.8 Å². The standard InChI is InChI=1S/C22H22N2O6S2/c1-14-11-17(8-7-16-9-10-18(23)13-20(16)31(25,26)27)22(32(28,29)30)19(21(14)24)12-15-5-3-2-4-6-15/h2-13,22H,23-24H2,1H3,(H,25,26,27)(H,28,29,30). The molecule has 0 saturated carbocycles. The second-order valence-electron chi connectivity index (χ2n) is 7.25. The molecule has 0 radical (unpaired) electrons. The van der Waals surface area contributed by atoms with E-state index in [0.29, 0.717) is 11.1 Å². The molecular formula is C22H22N2O6S2. The highest BCUT2D eigenvalue weighted by Gasteiger charge is 2.34. The lowest BCUT2D eigenvalue weighted by Gasteiger charge is -2.25. The van der Waals surface area contributed by atoms with Crippen LogP contribution in [0.25, 0.3) is 12.2 Å². The van der Waals surface area contributed by atoms with Crippen LogP contribution in [0.2, 0.25) is 0 Å². The van der Waals surface area contributed by atoms with Crippen molar-refractivity contribution in [3.8, 4) is 0 Å². The van der Waals surface area contributed by atoms with Gasteiger partial charge in [0.2, 0.25) is 0 Å². The molecule has 2 aromatic rings. The SMILES string of the molecule is CC1=C(N)C(=Cc2ccccc2)C(S(=O)(=O)O)C(C=Cc2ccc(N)cc2S(=O)(=O)O)=C1. The molecular weight excluding hydrogens is 452 g/mol. The molecule has 1 aliphatic carbocycles. The fourth-order valence-electron chi connectivity index (χ4n) is 3.40. The van der Waals surface area contributed by atoms with Crippen LogP contribution < -0.4 is 11.5 Å². The van der Waals surface area contributed by atoms with Gasteiger partial charge in [-0.05, 0) is 47.4 Å². The van der Waals surface area contributed by atoms with Crippen LogP contribution >= 0.6 is 0 Å². The molecule has 1 atom stereocenters. The lowest BCUT2D eigenvalue weighted by molar-refractivity contribution is 0.477. The highest BCUT2D eigenvalue weighted by atomic mass is 32.2. The van der Waals surface area contributed by atoms with Crippen LogP contribution in [0.5, 0.6) is 0 Å². The third kappa shape index (κ3) is 5.17. The maximum atomic E-state index is 12.3. The highest BCUT2D eigenvalue weighted by Crippen LogP contribution is 2.34. The number of nitrogen functional groups attached to an aromatic ring is 1. The maximum Gasteiger partial charge on any atom is 0.295 e. The van der Waals surface area contributed by atoms with Gasteiger partial charge in [0, 0.05) is 17.0 Å². The summed E-state index contributed by atoms with van der Waals surface area (Å²) in [5.41, 5.74) is 13.8. The van der Waals surface area contributed by atoms with Gasteiger partial charge >= 0.3 is 0 Å². The summed E-state index contributed by atoms with van der Waals surface area (Å²) in [4.78, 5) is -0.430. The number of benzene rings is 2. The fourth-order valence-corrected chi connectivity index (χ4v) is 5.13. The molecule has 0 aromatic heterocycles. The average molecular weight is 475 g/mol. The second-order valence-corrected chi connectivity index (χ2v) is 10.1. The Morgan fingerprint density at radius 1 is 0.938 bits per heavy atom. The van der Waals surface area contributed by atoms with Gasteiger partial charge in [-0.1, -0.05) is 54.6 Å². The van der Waals surface area contributed by atoms with Crippen molar-refractivity contribution in [2.75, 3.05) is 5.73 Å². The van der Waals surface area contributed by atoms with Crippen molar-refractivity contribution in [2.24, 2.45) is 5.73 Å². The molecule has 2 aromatic carbocycles. The van der Waals surface area contributed by atoms with E-state index in [2.05, 4.69) is 0 Å². The molecule has 0 spiro atoms. The van der Waals surface area contributed by atoms with Gasteiger partial charge < -0.3 is 11.5 Å². The first-order chi connectivity index (χ1) is 14.9. The van der Waals surface area contributed by atoms with Crippen molar-refractivity contribution in [1.29, 1.82) is 0 Å². The first kappa shape index (κ1) is 23.5. The number of anilines is 1. The van der Waals surface area contributed by atoms with Crippen molar-refractivity contribution >= 4 is 38.1 Å². The lowest BCUT2D eigenvalue weighted by atomic mass is 9.90. The Kier molecular flexibility index (Phi) is 6.42. The average Bonchev–Trinajstić information content (AvgIpc) is 2.69. The lowest BCUT2D eigenvalue weighted by Crippen LogP contribution is -2.30. The maximum absolute atomic E-state index is 12.3. The quantitative estimate of drug-likeness (QED) is 0.380. The van der Waals surface area contributed by atoms with E-state index in [0.717, 1.165) is 6.07 Å². The minimum atomic E-state index is -4.64. The molecule has 168 valence electrons. The van der Waals surface area contributed by atoms with E-state index in [1.165, 1.54) is 30.4 Å². The molecule has 0 aliphatic heterocycles. The zero-order valence-electron chi connectivity index (χ0n) is 17.0. The Labute approximate surface area is 186 Å². The first-order valence-corrected chi connectivity index (χ1v) is 12.3. The van der Waals surface area contributed by atoms with Crippen LogP contribution in [-0.2, 0) is 20.2 Å². The predicted octanol–water partition coefficient (Wildman–Crippen LogP) is 3.04. The van der Waals surface area contributed by atoms with Crippen LogP contribution in [0.3, 0.4) is 0 Å². The molecule has 6 N–H and O–H groups in total. The van der Waals surface area contributed by atoms with Gasteiger partial charge in [-0.25, -0.2) is 0 Å². The van der Waals surface area contributed by atoms with Crippen molar-refractivity contribution < 1.29 is 25.9 Å². The zero-order chi connectivity index (χ0) is 23.7. The first-order valence-electron chi connectivity index (χ1n) is 9.34. The number of rotatable bonds is 5. The van der Waals surface area contributed by atoms with E-state index in [4.69, 9.17) is 11.5 Å². The van der Waals surface area contributed by atoms with E-state index >= 15 is 0 Å². The van der Waals surface area contributed by atoms with E-state index in [9.17, 15) is 25.9 Å². The Morgan fingerprint density at radius 3 is 2.19 bits per heavy atom. The molecule has 1 aliphatic rings. The molecule has 0 fully saturated rings. The van der Waals surface area contributed by atoms with Gasteiger partial charge in [0.05, 0.1) is 0 Å². The summed E-state index contributed by atoms with van der Waals surface area (Å²) in [6, 6.07) is 12.8. The molecule has 32 heavy (non-hydrogen) atoms. The fraction of sp³-hybridized carbons (Fsp3) is 0.0909. The smallest absolute Gasteiger partial charge is 0.295 e. The number of hydrogen-bond donors (Lipinski definition) is 4. The van der Waals surface area contributed by atoms with Crippen molar-refractivity contribution in [2.45, 2.75) is 17.1 Å². The normalized spacial score (nSPS) is 18.9. The van der Waals surface area contributed by atoms with Gasteiger partial charge in [0.25, 0.3) is 20.2 Å². The van der Waals surface area contributed by atoms with Crippen molar-refractivity contribution in [1.82, 2.24) is 0 Å².